The molecule has 0 saturated heterocycles. The third kappa shape index (κ3) is 3.09. The molecule has 0 aromatic heterocycles. The quantitative estimate of drug-likeness (QED) is 0.845. The van der Waals surface area contributed by atoms with Gasteiger partial charge in [-0.1, -0.05) is 31.1 Å². The fraction of sp³-hybridized carbons (Fsp3) is 0.471. The SMILES string of the molecule is O=C(O)C(=CC1CCCC1)c1ccc(S(=O)(=O)C2CC2)cc1. The molecule has 1 aromatic rings. The highest BCUT2D eigenvalue weighted by molar-refractivity contribution is 7.92. The Kier molecular flexibility index (Phi) is 4.08. The highest BCUT2D eigenvalue weighted by Gasteiger charge is 2.36. The normalized spacial score (nSPS) is 20.3. The maximum Gasteiger partial charge on any atom is 0.335 e. The number of hydrogen-bond donors (Lipinski definition) is 1. The van der Waals surface area contributed by atoms with Crippen LogP contribution in [0.5, 0.6) is 0 Å². The van der Waals surface area contributed by atoms with Crippen LogP contribution in [0.4, 0.5) is 0 Å². The molecule has 0 spiro atoms. The van der Waals surface area contributed by atoms with Gasteiger partial charge in [-0.3, -0.25) is 0 Å². The number of rotatable bonds is 5. The third-order valence-electron chi connectivity index (χ3n) is 4.49. The second-order valence-corrected chi connectivity index (χ2v) is 8.43. The molecule has 0 atom stereocenters. The Hall–Kier alpha value is -1.62. The molecule has 0 amide bonds. The van der Waals surface area contributed by atoms with Crippen LogP contribution in [-0.2, 0) is 14.6 Å². The summed E-state index contributed by atoms with van der Waals surface area (Å²) < 4.78 is 24.3. The Labute approximate surface area is 130 Å². The minimum atomic E-state index is -3.22. The van der Waals surface area contributed by atoms with E-state index in [1.807, 2.05) is 6.08 Å². The van der Waals surface area contributed by atoms with Gasteiger partial charge in [-0.05, 0) is 49.3 Å². The molecule has 22 heavy (non-hydrogen) atoms. The second-order valence-electron chi connectivity index (χ2n) is 6.20. The number of carbonyl (C=O) groups is 1. The lowest BCUT2D eigenvalue weighted by atomic mass is 9.99. The smallest absolute Gasteiger partial charge is 0.335 e. The molecule has 0 heterocycles. The van der Waals surface area contributed by atoms with E-state index >= 15 is 0 Å². The lowest BCUT2D eigenvalue weighted by molar-refractivity contribution is -0.130. The van der Waals surface area contributed by atoms with Gasteiger partial charge in [0.25, 0.3) is 0 Å². The van der Waals surface area contributed by atoms with E-state index in [2.05, 4.69) is 0 Å². The van der Waals surface area contributed by atoms with Gasteiger partial charge in [-0.2, -0.15) is 0 Å². The molecule has 1 N–H and O–H groups in total. The van der Waals surface area contributed by atoms with E-state index in [9.17, 15) is 18.3 Å². The predicted octanol–water partition coefficient (Wildman–Crippen LogP) is 3.28. The van der Waals surface area contributed by atoms with Crippen molar-refractivity contribution in [2.45, 2.75) is 48.7 Å². The first-order chi connectivity index (χ1) is 10.5. The van der Waals surface area contributed by atoms with E-state index in [1.165, 1.54) is 12.1 Å². The van der Waals surface area contributed by atoms with E-state index < -0.39 is 15.8 Å². The third-order valence-corrected chi connectivity index (χ3v) is 6.77. The summed E-state index contributed by atoms with van der Waals surface area (Å²) in [5.74, 6) is -0.634. The molecule has 2 fully saturated rings. The van der Waals surface area contributed by atoms with E-state index in [-0.39, 0.29) is 10.8 Å². The van der Waals surface area contributed by atoms with E-state index in [1.54, 1.807) is 12.1 Å². The van der Waals surface area contributed by atoms with Crippen LogP contribution in [0.3, 0.4) is 0 Å². The highest BCUT2D eigenvalue weighted by Crippen LogP contribution is 2.34. The molecule has 1 aromatic carbocycles. The summed E-state index contributed by atoms with van der Waals surface area (Å²) in [5.41, 5.74) is 0.858. The molecule has 3 rings (SSSR count). The summed E-state index contributed by atoms with van der Waals surface area (Å²) in [5, 5.41) is 9.18. The zero-order valence-corrected chi connectivity index (χ0v) is 13.2. The Morgan fingerprint density at radius 2 is 1.64 bits per heavy atom. The Morgan fingerprint density at radius 3 is 2.14 bits per heavy atom. The van der Waals surface area contributed by atoms with Gasteiger partial charge in [-0.25, -0.2) is 13.2 Å². The summed E-state index contributed by atoms with van der Waals surface area (Å²) in [6, 6.07) is 6.30. The van der Waals surface area contributed by atoms with Crippen molar-refractivity contribution in [1.82, 2.24) is 0 Å². The summed E-state index contributed by atoms with van der Waals surface area (Å²) in [7, 11) is -3.22. The van der Waals surface area contributed by atoms with Crippen molar-refractivity contribution in [3.63, 3.8) is 0 Å². The first kappa shape index (κ1) is 15.3. The molecule has 0 radical (unpaired) electrons. The molecule has 2 saturated carbocycles. The van der Waals surface area contributed by atoms with Crippen molar-refractivity contribution in [2.24, 2.45) is 5.92 Å². The molecular formula is C17H20O4S. The Balaban J connectivity index is 1.87. The van der Waals surface area contributed by atoms with Gasteiger partial charge in [0.1, 0.15) is 0 Å². The van der Waals surface area contributed by atoms with Crippen LogP contribution in [0.2, 0.25) is 0 Å². The second kappa shape index (κ2) is 5.88. The van der Waals surface area contributed by atoms with Crippen molar-refractivity contribution in [2.75, 3.05) is 0 Å². The molecule has 118 valence electrons. The minimum Gasteiger partial charge on any atom is -0.478 e. The van der Waals surface area contributed by atoms with Crippen LogP contribution >= 0.6 is 0 Å². The largest absolute Gasteiger partial charge is 0.478 e. The predicted molar refractivity (Wildman–Crippen MR) is 84.2 cm³/mol. The van der Waals surface area contributed by atoms with Crippen LogP contribution in [0.1, 0.15) is 44.1 Å². The van der Waals surface area contributed by atoms with Crippen LogP contribution < -0.4 is 0 Å². The average molecular weight is 320 g/mol. The average Bonchev–Trinajstić information content (AvgIpc) is 3.24. The molecule has 0 bridgehead atoms. The summed E-state index contributed by atoms with van der Waals surface area (Å²) in [4.78, 5) is 11.8. The van der Waals surface area contributed by atoms with Gasteiger partial charge < -0.3 is 5.11 Å². The Bertz CT molecular complexity index is 691. The van der Waals surface area contributed by atoms with Crippen molar-refractivity contribution >= 4 is 21.4 Å². The first-order valence-electron chi connectivity index (χ1n) is 7.78. The number of aliphatic carboxylic acids is 1. The van der Waals surface area contributed by atoms with Crippen molar-refractivity contribution in [1.29, 1.82) is 0 Å². The number of carboxylic acids is 1. The monoisotopic (exact) mass is 320 g/mol. The number of sulfone groups is 1. The van der Waals surface area contributed by atoms with Crippen LogP contribution in [0.25, 0.3) is 5.57 Å². The summed E-state index contributed by atoms with van der Waals surface area (Å²) in [6.07, 6.45) is 7.65. The van der Waals surface area contributed by atoms with E-state index in [0.717, 1.165) is 38.5 Å². The number of allylic oxidation sites excluding steroid dienone is 1. The topological polar surface area (TPSA) is 71.4 Å². The molecule has 2 aliphatic carbocycles. The molecule has 0 unspecified atom stereocenters. The molecule has 4 nitrogen and oxygen atoms in total. The zero-order chi connectivity index (χ0) is 15.7. The van der Waals surface area contributed by atoms with Crippen molar-refractivity contribution in [3.8, 4) is 0 Å². The lowest BCUT2D eigenvalue weighted by Crippen LogP contribution is -2.07. The summed E-state index contributed by atoms with van der Waals surface area (Å²) >= 11 is 0. The number of hydrogen-bond acceptors (Lipinski definition) is 3. The van der Waals surface area contributed by atoms with Gasteiger partial charge in [0.2, 0.25) is 0 Å². The lowest BCUT2D eigenvalue weighted by Gasteiger charge is -2.08. The van der Waals surface area contributed by atoms with Gasteiger partial charge in [0.15, 0.2) is 9.84 Å². The van der Waals surface area contributed by atoms with Gasteiger partial charge >= 0.3 is 5.97 Å². The van der Waals surface area contributed by atoms with Gasteiger partial charge in [0, 0.05) is 0 Å². The molecule has 2 aliphatic rings. The molecular weight excluding hydrogens is 300 g/mol. The maximum atomic E-state index is 12.2. The maximum absolute atomic E-state index is 12.2. The van der Waals surface area contributed by atoms with Crippen molar-refractivity contribution in [3.05, 3.63) is 35.9 Å². The van der Waals surface area contributed by atoms with Gasteiger partial charge in [0.05, 0.1) is 15.7 Å². The van der Waals surface area contributed by atoms with E-state index in [4.69, 9.17) is 0 Å². The van der Waals surface area contributed by atoms with Gasteiger partial charge in [-0.15, -0.1) is 0 Å². The minimum absolute atomic E-state index is 0.244. The molecule has 0 aliphatic heterocycles. The van der Waals surface area contributed by atoms with Crippen LogP contribution in [0, 0.1) is 5.92 Å². The summed E-state index contributed by atoms with van der Waals surface area (Å²) in [6.45, 7) is 0. The van der Waals surface area contributed by atoms with E-state index in [0.29, 0.717) is 16.4 Å². The highest BCUT2D eigenvalue weighted by atomic mass is 32.2. The number of carboxylic acid groups (broad SMARTS) is 1. The Morgan fingerprint density at radius 1 is 1.05 bits per heavy atom. The fourth-order valence-electron chi connectivity index (χ4n) is 3.05. The van der Waals surface area contributed by atoms with Crippen LogP contribution in [0.15, 0.2) is 35.2 Å². The molecule has 5 heteroatoms. The zero-order valence-electron chi connectivity index (χ0n) is 12.4. The van der Waals surface area contributed by atoms with Crippen LogP contribution in [-0.4, -0.2) is 24.7 Å². The van der Waals surface area contributed by atoms with Crippen molar-refractivity contribution < 1.29 is 18.3 Å². The standard InChI is InChI=1S/C17H20O4S/c18-17(19)16(11-12-3-1-2-4-12)13-5-7-14(8-6-13)22(20,21)15-9-10-15/h5-8,11-12,15H,1-4,9-10H2,(H,18,19). The fourth-order valence-corrected chi connectivity index (χ4v) is 4.70. The number of benzene rings is 1. The first-order valence-corrected chi connectivity index (χ1v) is 9.32.